The number of hydrogen-bond donors (Lipinski definition) is 0. The second-order valence-corrected chi connectivity index (χ2v) is 6.29. The van der Waals surface area contributed by atoms with Crippen LogP contribution in [0.5, 0.6) is 0 Å². The predicted molar refractivity (Wildman–Crippen MR) is 87.2 cm³/mol. The van der Waals surface area contributed by atoms with E-state index in [2.05, 4.69) is 0 Å². The Morgan fingerprint density at radius 3 is 2.23 bits per heavy atom. The number of carbonyl (C=O) groups excluding carboxylic acids is 3. The van der Waals surface area contributed by atoms with E-state index in [1.54, 1.807) is 12.1 Å². The zero-order chi connectivity index (χ0) is 19.1. The molecule has 0 aromatic heterocycles. The van der Waals surface area contributed by atoms with Crippen molar-refractivity contribution in [1.29, 1.82) is 5.26 Å². The molecule has 0 radical (unpaired) electrons. The summed E-state index contributed by atoms with van der Waals surface area (Å²) in [5, 5.41) is 9.36. The van der Waals surface area contributed by atoms with Crippen molar-refractivity contribution in [3.8, 4) is 6.07 Å². The highest BCUT2D eigenvalue weighted by atomic mass is 19.1. The molecule has 0 saturated carbocycles. The Morgan fingerprint density at radius 1 is 1.12 bits per heavy atom. The minimum Gasteiger partial charge on any atom is -0.329 e. The topological polar surface area (TPSA) is 87.5 Å². The van der Waals surface area contributed by atoms with Gasteiger partial charge in [0.15, 0.2) is 0 Å². The van der Waals surface area contributed by atoms with Gasteiger partial charge < -0.3 is 4.84 Å². The van der Waals surface area contributed by atoms with Crippen LogP contribution in [-0.2, 0) is 15.0 Å². The molecular formula is C19H13FN2O4. The molecule has 26 heavy (non-hydrogen) atoms. The number of carbonyl (C=O) groups is 3. The van der Waals surface area contributed by atoms with E-state index in [1.165, 1.54) is 32.0 Å². The average molecular weight is 352 g/mol. The van der Waals surface area contributed by atoms with Gasteiger partial charge in [-0.05, 0) is 49.7 Å². The van der Waals surface area contributed by atoms with Crippen molar-refractivity contribution in [1.82, 2.24) is 5.06 Å². The fourth-order valence-electron chi connectivity index (χ4n) is 2.58. The van der Waals surface area contributed by atoms with Crippen molar-refractivity contribution in [2.24, 2.45) is 0 Å². The summed E-state index contributed by atoms with van der Waals surface area (Å²) in [4.78, 5) is 42.2. The third-order valence-corrected chi connectivity index (χ3v) is 4.19. The lowest BCUT2D eigenvalue weighted by Gasteiger charge is -2.25. The molecule has 0 aliphatic carbocycles. The number of hydrogen-bond acceptors (Lipinski definition) is 5. The van der Waals surface area contributed by atoms with Gasteiger partial charge in [-0.1, -0.05) is 17.2 Å². The molecule has 2 aromatic rings. The van der Waals surface area contributed by atoms with Gasteiger partial charge in [0.05, 0.1) is 28.2 Å². The molecule has 0 atom stereocenters. The van der Waals surface area contributed by atoms with E-state index >= 15 is 0 Å². The Kier molecular flexibility index (Phi) is 4.04. The molecule has 1 aliphatic heterocycles. The third-order valence-electron chi connectivity index (χ3n) is 4.19. The van der Waals surface area contributed by atoms with Gasteiger partial charge in [-0.25, -0.2) is 9.18 Å². The highest BCUT2D eigenvalue weighted by molar-refractivity contribution is 6.21. The highest BCUT2D eigenvalue weighted by Gasteiger charge is 2.42. The number of rotatable bonds is 3. The van der Waals surface area contributed by atoms with E-state index in [-0.39, 0.29) is 22.3 Å². The Morgan fingerprint density at radius 2 is 1.69 bits per heavy atom. The van der Waals surface area contributed by atoms with Gasteiger partial charge in [0, 0.05) is 0 Å². The summed E-state index contributed by atoms with van der Waals surface area (Å²) in [5.41, 5.74) is -0.887. The van der Waals surface area contributed by atoms with Gasteiger partial charge in [-0.15, -0.1) is 0 Å². The average Bonchev–Trinajstić information content (AvgIpc) is 2.86. The lowest BCUT2D eigenvalue weighted by molar-refractivity contribution is -0.174. The summed E-state index contributed by atoms with van der Waals surface area (Å²) in [5.74, 6) is -3.10. The molecule has 2 amide bonds. The van der Waals surface area contributed by atoms with Crippen LogP contribution in [0, 0.1) is 17.1 Å². The van der Waals surface area contributed by atoms with Crippen LogP contribution in [0.3, 0.4) is 0 Å². The molecular weight excluding hydrogens is 339 g/mol. The minimum atomic E-state index is -1.40. The van der Waals surface area contributed by atoms with E-state index < -0.39 is 29.0 Å². The van der Waals surface area contributed by atoms with Crippen molar-refractivity contribution < 1.29 is 23.6 Å². The first-order chi connectivity index (χ1) is 12.3. The fraction of sp³-hybridized carbons (Fsp3) is 0.158. The fourth-order valence-corrected chi connectivity index (χ4v) is 2.58. The number of amides is 2. The largest absolute Gasteiger partial charge is 0.343 e. The van der Waals surface area contributed by atoms with E-state index in [4.69, 9.17) is 10.1 Å². The normalized spacial score (nSPS) is 13.4. The summed E-state index contributed by atoms with van der Waals surface area (Å²) in [7, 11) is 0. The molecule has 0 fully saturated rings. The first kappa shape index (κ1) is 17.3. The van der Waals surface area contributed by atoms with Gasteiger partial charge in [0.1, 0.15) is 5.82 Å². The lowest BCUT2D eigenvalue weighted by atomic mass is 9.84. The molecule has 0 spiro atoms. The van der Waals surface area contributed by atoms with Crippen LogP contribution in [-0.4, -0.2) is 22.8 Å². The maximum absolute atomic E-state index is 13.7. The number of nitriles is 1. The van der Waals surface area contributed by atoms with E-state index in [0.717, 1.165) is 12.1 Å². The molecule has 2 aromatic carbocycles. The van der Waals surface area contributed by atoms with Crippen molar-refractivity contribution in [2.75, 3.05) is 0 Å². The number of halogens is 1. The van der Waals surface area contributed by atoms with Gasteiger partial charge in [0.2, 0.25) is 0 Å². The Balaban J connectivity index is 1.89. The van der Waals surface area contributed by atoms with Gasteiger partial charge in [-0.2, -0.15) is 5.26 Å². The SMILES string of the molecule is CC(C)(C(=O)ON1C(=O)c2ccccc2C1=O)c1cc(F)cc(C#N)c1. The van der Waals surface area contributed by atoms with Crippen molar-refractivity contribution in [3.63, 3.8) is 0 Å². The second kappa shape index (κ2) is 6.08. The Bertz CT molecular complexity index is 956. The monoisotopic (exact) mass is 352 g/mol. The molecule has 0 unspecified atom stereocenters. The van der Waals surface area contributed by atoms with Gasteiger partial charge in [-0.3, -0.25) is 9.59 Å². The smallest absolute Gasteiger partial charge is 0.329 e. The third kappa shape index (κ3) is 2.71. The van der Waals surface area contributed by atoms with Crippen LogP contribution in [0.25, 0.3) is 0 Å². The number of nitrogens with zero attached hydrogens (tertiary/aromatic N) is 2. The maximum atomic E-state index is 13.7. The number of fused-ring (bicyclic) bond motifs is 1. The van der Waals surface area contributed by atoms with Crippen molar-refractivity contribution in [3.05, 3.63) is 70.5 Å². The maximum Gasteiger partial charge on any atom is 0.343 e. The van der Waals surface area contributed by atoms with Gasteiger partial charge >= 0.3 is 5.97 Å². The lowest BCUT2D eigenvalue weighted by Crippen LogP contribution is -2.40. The summed E-state index contributed by atoms with van der Waals surface area (Å²) < 4.78 is 13.7. The quantitative estimate of drug-likeness (QED) is 0.793. The molecule has 0 saturated heterocycles. The number of imide groups is 1. The molecule has 3 rings (SSSR count). The van der Waals surface area contributed by atoms with Crippen LogP contribution in [0.2, 0.25) is 0 Å². The minimum absolute atomic E-state index is 0.0432. The zero-order valence-corrected chi connectivity index (χ0v) is 13.9. The summed E-state index contributed by atoms with van der Waals surface area (Å²) in [6.07, 6.45) is 0. The van der Waals surface area contributed by atoms with Crippen molar-refractivity contribution in [2.45, 2.75) is 19.3 Å². The van der Waals surface area contributed by atoms with Crippen LogP contribution in [0.15, 0.2) is 42.5 Å². The predicted octanol–water partition coefficient (Wildman–Crippen LogP) is 2.73. The first-order valence-corrected chi connectivity index (χ1v) is 7.67. The standard InChI is InChI=1S/C19H13FN2O4/c1-19(2,12-7-11(10-21)8-13(20)9-12)18(25)26-22-16(23)14-5-3-4-6-15(14)17(22)24/h3-9H,1-2H3. The van der Waals surface area contributed by atoms with Crippen LogP contribution < -0.4 is 0 Å². The molecule has 0 N–H and O–H groups in total. The molecule has 6 nitrogen and oxygen atoms in total. The number of benzene rings is 2. The molecule has 1 aliphatic rings. The molecule has 1 heterocycles. The summed E-state index contributed by atoms with van der Waals surface area (Å²) in [6, 6.07) is 11.4. The van der Waals surface area contributed by atoms with Crippen LogP contribution >= 0.6 is 0 Å². The first-order valence-electron chi connectivity index (χ1n) is 7.67. The van der Waals surface area contributed by atoms with Crippen LogP contribution in [0.1, 0.15) is 45.7 Å². The van der Waals surface area contributed by atoms with Crippen molar-refractivity contribution >= 4 is 17.8 Å². The Labute approximate surface area is 148 Å². The second-order valence-electron chi connectivity index (χ2n) is 6.29. The summed E-state index contributed by atoms with van der Waals surface area (Å²) >= 11 is 0. The zero-order valence-electron chi connectivity index (χ0n) is 13.9. The van der Waals surface area contributed by atoms with E-state index in [9.17, 15) is 18.8 Å². The van der Waals surface area contributed by atoms with E-state index in [1.807, 2.05) is 6.07 Å². The molecule has 0 bridgehead atoms. The molecule has 7 heteroatoms. The Hall–Kier alpha value is -3.53. The number of hydroxylamine groups is 2. The summed E-state index contributed by atoms with van der Waals surface area (Å²) in [6.45, 7) is 2.90. The molecule has 130 valence electrons. The van der Waals surface area contributed by atoms with Crippen LogP contribution in [0.4, 0.5) is 4.39 Å². The van der Waals surface area contributed by atoms with Gasteiger partial charge in [0.25, 0.3) is 11.8 Å². The van der Waals surface area contributed by atoms with E-state index in [0.29, 0.717) is 5.06 Å². The highest BCUT2D eigenvalue weighted by Crippen LogP contribution is 2.29.